The van der Waals surface area contributed by atoms with Gasteiger partial charge in [0.25, 0.3) is 0 Å². The molecule has 3 nitrogen and oxygen atoms in total. The van der Waals surface area contributed by atoms with Gasteiger partial charge in [0.15, 0.2) is 0 Å². The van der Waals surface area contributed by atoms with Crippen LogP contribution in [0.15, 0.2) is 36.5 Å². The molecular formula is C13H18ClN3. The van der Waals surface area contributed by atoms with E-state index in [1.165, 1.54) is 10.9 Å². The van der Waals surface area contributed by atoms with E-state index in [-0.39, 0.29) is 23.8 Å². The van der Waals surface area contributed by atoms with E-state index >= 15 is 0 Å². The number of para-hydroxylation sites is 1. The molecule has 0 bridgehead atoms. The van der Waals surface area contributed by atoms with Crippen molar-refractivity contribution >= 4 is 29.1 Å². The molecule has 92 valence electrons. The Hall–Kier alpha value is -1.48. The van der Waals surface area contributed by atoms with Crippen molar-refractivity contribution in [1.82, 2.24) is 4.57 Å². The van der Waals surface area contributed by atoms with Gasteiger partial charge < -0.3 is 10.3 Å². The van der Waals surface area contributed by atoms with E-state index in [9.17, 15) is 0 Å². The lowest BCUT2D eigenvalue weighted by Crippen LogP contribution is -2.31. The van der Waals surface area contributed by atoms with Gasteiger partial charge in [-0.15, -0.1) is 12.4 Å². The smallest absolute Gasteiger partial charge is 0.0928 e. The maximum atomic E-state index is 7.42. The lowest BCUT2D eigenvalue weighted by atomic mass is 9.99. The van der Waals surface area contributed by atoms with E-state index in [0.717, 1.165) is 0 Å². The van der Waals surface area contributed by atoms with E-state index in [1.807, 2.05) is 12.1 Å². The first-order chi connectivity index (χ1) is 7.50. The van der Waals surface area contributed by atoms with Crippen molar-refractivity contribution in [3.8, 4) is 0 Å². The van der Waals surface area contributed by atoms with Gasteiger partial charge in [0.05, 0.1) is 5.84 Å². The van der Waals surface area contributed by atoms with E-state index in [1.54, 1.807) is 0 Å². The van der Waals surface area contributed by atoms with Crippen molar-refractivity contribution in [2.24, 2.45) is 5.73 Å². The number of hydrogen-bond acceptors (Lipinski definition) is 1. The molecule has 4 heteroatoms. The van der Waals surface area contributed by atoms with Crippen LogP contribution in [0.5, 0.6) is 0 Å². The van der Waals surface area contributed by atoms with Crippen LogP contribution in [0.4, 0.5) is 0 Å². The summed E-state index contributed by atoms with van der Waals surface area (Å²) in [5, 5.41) is 8.65. The Kier molecular flexibility index (Phi) is 3.83. The average Bonchev–Trinajstić information content (AvgIpc) is 2.59. The van der Waals surface area contributed by atoms with Crippen molar-refractivity contribution in [2.45, 2.75) is 25.8 Å². The van der Waals surface area contributed by atoms with E-state index < -0.39 is 0 Å². The third-order valence-corrected chi connectivity index (χ3v) is 2.87. The van der Waals surface area contributed by atoms with Crippen LogP contribution in [0.25, 0.3) is 10.9 Å². The van der Waals surface area contributed by atoms with Crippen LogP contribution in [0, 0.1) is 5.41 Å². The Morgan fingerprint density at radius 3 is 2.59 bits per heavy atom. The fourth-order valence-electron chi connectivity index (χ4n) is 2.16. The highest BCUT2D eigenvalue weighted by Gasteiger charge is 2.22. The lowest BCUT2D eigenvalue weighted by Gasteiger charge is -2.27. The molecule has 0 saturated carbocycles. The number of fused-ring (bicyclic) bond motifs is 1. The molecule has 1 aromatic heterocycles. The van der Waals surface area contributed by atoms with Gasteiger partial charge in [-0.2, -0.15) is 0 Å². The van der Waals surface area contributed by atoms with Crippen molar-refractivity contribution < 1.29 is 0 Å². The Bertz CT molecular complexity index is 528. The monoisotopic (exact) mass is 251 g/mol. The predicted octanol–water partition coefficient (Wildman–Crippen LogP) is 3.12. The number of amidine groups is 1. The molecule has 0 amide bonds. The molecule has 0 spiro atoms. The molecule has 0 aliphatic carbocycles. The lowest BCUT2D eigenvalue weighted by molar-refractivity contribution is 0.381. The summed E-state index contributed by atoms with van der Waals surface area (Å²) in [4.78, 5) is 0. The van der Waals surface area contributed by atoms with Crippen LogP contribution < -0.4 is 5.73 Å². The van der Waals surface area contributed by atoms with Crippen molar-refractivity contribution in [3.05, 3.63) is 36.5 Å². The van der Waals surface area contributed by atoms with E-state index in [0.29, 0.717) is 6.42 Å². The number of benzene rings is 1. The Labute approximate surface area is 108 Å². The molecule has 0 atom stereocenters. The first-order valence-corrected chi connectivity index (χ1v) is 5.40. The molecule has 1 heterocycles. The van der Waals surface area contributed by atoms with Crippen LogP contribution in [-0.2, 0) is 5.54 Å². The summed E-state index contributed by atoms with van der Waals surface area (Å²) < 4.78 is 2.18. The highest BCUT2D eigenvalue weighted by molar-refractivity contribution is 5.85. The summed E-state index contributed by atoms with van der Waals surface area (Å²) in [5.74, 6) is 0.225. The molecule has 0 unspecified atom stereocenters. The summed E-state index contributed by atoms with van der Waals surface area (Å²) in [6.07, 6.45) is 2.62. The number of nitrogens with one attached hydrogen (secondary N) is 1. The number of hydrogen-bond donors (Lipinski definition) is 2. The fourth-order valence-corrected chi connectivity index (χ4v) is 2.16. The quantitative estimate of drug-likeness (QED) is 0.639. The van der Waals surface area contributed by atoms with Crippen LogP contribution in [-0.4, -0.2) is 10.4 Å². The molecule has 17 heavy (non-hydrogen) atoms. The van der Waals surface area contributed by atoms with E-state index in [2.05, 4.69) is 42.8 Å². The third kappa shape index (κ3) is 2.61. The van der Waals surface area contributed by atoms with Gasteiger partial charge in [-0.1, -0.05) is 18.2 Å². The highest BCUT2D eigenvalue weighted by Crippen LogP contribution is 2.26. The third-order valence-electron chi connectivity index (χ3n) is 2.87. The zero-order chi connectivity index (χ0) is 11.8. The standard InChI is InChI=1S/C13H17N3.ClH/c1-13(2,9-12(14)15)16-8-7-10-5-3-4-6-11(10)16;/h3-8H,9H2,1-2H3,(H3,14,15);1H. The largest absolute Gasteiger partial charge is 0.388 e. The Morgan fingerprint density at radius 2 is 1.94 bits per heavy atom. The second-order valence-corrected chi connectivity index (χ2v) is 4.76. The molecule has 0 fully saturated rings. The van der Waals surface area contributed by atoms with Gasteiger partial charge in [0.2, 0.25) is 0 Å². The minimum absolute atomic E-state index is 0. The number of nitrogens with two attached hydrogens (primary N) is 1. The van der Waals surface area contributed by atoms with Gasteiger partial charge >= 0.3 is 0 Å². The van der Waals surface area contributed by atoms with Gasteiger partial charge in [-0.25, -0.2) is 0 Å². The molecular weight excluding hydrogens is 234 g/mol. The number of rotatable bonds is 3. The molecule has 2 rings (SSSR count). The minimum Gasteiger partial charge on any atom is -0.388 e. The first kappa shape index (κ1) is 13.6. The Balaban J connectivity index is 0.00000144. The first-order valence-electron chi connectivity index (χ1n) is 5.40. The average molecular weight is 252 g/mol. The van der Waals surface area contributed by atoms with Gasteiger partial charge in [0, 0.05) is 23.7 Å². The molecule has 2 aromatic rings. The molecule has 0 radical (unpaired) electrons. The second kappa shape index (κ2) is 4.80. The van der Waals surface area contributed by atoms with Crippen molar-refractivity contribution in [3.63, 3.8) is 0 Å². The van der Waals surface area contributed by atoms with Crippen LogP contribution in [0.1, 0.15) is 20.3 Å². The molecule has 1 aromatic carbocycles. The SMILES string of the molecule is CC(C)(CC(=N)N)n1ccc2ccccc21.Cl. The van der Waals surface area contributed by atoms with E-state index in [4.69, 9.17) is 11.1 Å². The summed E-state index contributed by atoms with van der Waals surface area (Å²) in [7, 11) is 0. The fraction of sp³-hybridized carbons (Fsp3) is 0.308. The number of aromatic nitrogens is 1. The zero-order valence-corrected chi connectivity index (χ0v) is 10.9. The second-order valence-electron chi connectivity index (χ2n) is 4.76. The van der Waals surface area contributed by atoms with Crippen LogP contribution in [0.2, 0.25) is 0 Å². The maximum absolute atomic E-state index is 7.42. The predicted molar refractivity (Wildman–Crippen MR) is 75.0 cm³/mol. The highest BCUT2D eigenvalue weighted by atomic mass is 35.5. The Morgan fingerprint density at radius 1 is 1.29 bits per heavy atom. The van der Waals surface area contributed by atoms with Gasteiger partial charge in [-0.05, 0) is 31.4 Å². The summed E-state index contributed by atoms with van der Waals surface area (Å²) in [6.45, 7) is 4.20. The normalized spacial score (nSPS) is 11.2. The minimum atomic E-state index is -0.158. The van der Waals surface area contributed by atoms with Crippen molar-refractivity contribution in [1.29, 1.82) is 5.41 Å². The topological polar surface area (TPSA) is 54.8 Å². The summed E-state index contributed by atoms with van der Waals surface area (Å²) >= 11 is 0. The van der Waals surface area contributed by atoms with Crippen LogP contribution >= 0.6 is 12.4 Å². The number of halogens is 1. The summed E-state index contributed by atoms with van der Waals surface area (Å²) in [5.41, 5.74) is 6.53. The zero-order valence-electron chi connectivity index (χ0n) is 10.1. The van der Waals surface area contributed by atoms with Crippen molar-refractivity contribution in [2.75, 3.05) is 0 Å². The van der Waals surface area contributed by atoms with Gasteiger partial charge in [-0.3, -0.25) is 5.41 Å². The molecule has 0 aliphatic heterocycles. The molecule has 0 saturated heterocycles. The summed E-state index contributed by atoms with van der Waals surface area (Å²) in [6, 6.07) is 10.3. The number of nitrogens with zero attached hydrogens (tertiary/aromatic N) is 1. The van der Waals surface area contributed by atoms with Crippen LogP contribution in [0.3, 0.4) is 0 Å². The van der Waals surface area contributed by atoms with Gasteiger partial charge in [0.1, 0.15) is 0 Å². The molecule has 3 N–H and O–H groups in total. The molecule has 0 aliphatic rings. The maximum Gasteiger partial charge on any atom is 0.0928 e.